The van der Waals surface area contributed by atoms with Gasteiger partial charge in [0.05, 0.1) is 23.6 Å². The highest BCUT2D eigenvalue weighted by Crippen LogP contribution is 2.49. The molecule has 0 spiro atoms. The zero-order valence-corrected chi connectivity index (χ0v) is 17.3. The van der Waals surface area contributed by atoms with Crippen molar-refractivity contribution in [2.75, 3.05) is 4.90 Å². The van der Waals surface area contributed by atoms with E-state index in [1.807, 2.05) is 18.3 Å². The van der Waals surface area contributed by atoms with Crippen molar-refractivity contribution < 1.29 is 0 Å². The van der Waals surface area contributed by atoms with Gasteiger partial charge in [0.25, 0.3) is 0 Å². The van der Waals surface area contributed by atoms with Crippen molar-refractivity contribution in [3.05, 3.63) is 75.4 Å². The minimum atomic E-state index is 0. The quantitative estimate of drug-likeness (QED) is 0.397. The van der Waals surface area contributed by atoms with E-state index in [1.165, 1.54) is 21.2 Å². The van der Waals surface area contributed by atoms with E-state index in [2.05, 4.69) is 84.2 Å². The van der Waals surface area contributed by atoms with Gasteiger partial charge >= 0.3 is 0 Å². The van der Waals surface area contributed by atoms with Crippen LogP contribution in [0.1, 0.15) is 5.69 Å². The van der Waals surface area contributed by atoms with E-state index >= 15 is 0 Å². The van der Waals surface area contributed by atoms with Gasteiger partial charge in [-0.15, -0.1) is 12.4 Å². The molecular weight excluding hydrogens is 472 g/mol. The summed E-state index contributed by atoms with van der Waals surface area (Å²) in [5.41, 5.74) is 3.50. The van der Waals surface area contributed by atoms with Crippen LogP contribution in [0.25, 0.3) is 0 Å². The fourth-order valence-electron chi connectivity index (χ4n) is 2.66. The zero-order valence-electron chi connectivity index (χ0n) is 12.4. The van der Waals surface area contributed by atoms with E-state index in [9.17, 15) is 0 Å². The van der Waals surface area contributed by atoms with Gasteiger partial charge in [-0.05, 0) is 48.5 Å². The predicted molar refractivity (Wildman–Crippen MR) is 110 cm³/mol. The van der Waals surface area contributed by atoms with Gasteiger partial charge in [0.15, 0.2) is 0 Å². The van der Waals surface area contributed by atoms with Gasteiger partial charge in [0, 0.05) is 24.9 Å². The number of aromatic nitrogens is 1. The van der Waals surface area contributed by atoms with Crippen molar-refractivity contribution >= 4 is 67.4 Å². The largest absolute Gasteiger partial charge is 0.334 e. The molecule has 6 heteroatoms. The molecule has 3 aromatic rings. The molecule has 0 bridgehead atoms. The lowest BCUT2D eigenvalue weighted by molar-refractivity contribution is 0.899. The Balaban J connectivity index is 0.00000169. The molecule has 0 unspecified atom stereocenters. The minimum Gasteiger partial charge on any atom is -0.334 e. The van der Waals surface area contributed by atoms with Gasteiger partial charge < -0.3 is 4.90 Å². The Morgan fingerprint density at radius 3 is 2.04 bits per heavy atom. The molecule has 2 heterocycles. The number of rotatable bonds is 2. The van der Waals surface area contributed by atoms with E-state index < -0.39 is 0 Å². The van der Waals surface area contributed by atoms with Crippen LogP contribution in [0.5, 0.6) is 0 Å². The molecule has 1 aliphatic heterocycles. The first-order valence-corrected chi connectivity index (χ1v) is 9.55. The summed E-state index contributed by atoms with van der Waals surface area (Å²) in [5.74, 6) is 0. The Bertz CT molecular complexity index is 823. The summed E-state index contributed by atoms with van der Waals surface area (Å²) < 4.78 is 2.19. The van der Waals surface area contributed by atoms with Crippen LogP contribution in [0.4, 0.5) is 11.4 Å². The topological polar surface area (TPSA) is 16.1 Å². The molecule has 0 radical (unpaired) electrons. The van der Waals surface area contributed by atoms with Crippen LogP contribution in [0, 0.1) is 0 Å². The van der Waals surface area contributed by atoms with Crippen molar-refractivity contribution in [1.82, 2.24) is 4.98 Å². The van der Waals surface area contributed by atoms with Crippen molar-refractivity contribution in [2.45, 2.75) is 16.3 Å². The average Bonchev–Trinajstić information content (AvgIpc) is 2.55. The van der Waals surface area contributed by atoms with E-state index in [0.717, 1.165) is 21.2 Å². The lowest BCUT2D eigenvalue weighted by atomic mass is 10.2. The second-order valence-electron chi connectivity index (χ2n) is 5.23. The molecule has 0 amide bonds. The first-order chi connectivity index (χ1) is 11.2. The monoisotopic (exact) mass is 482 g/mol. The summed E-state index contributed by atoms with van der Waals surface area (Å²) in [4.78, 5) is 9.32. The van der Waals surface area contributed by atoms with Crippen LogP contribution in [-0.2, 0) is 6.54 Å². The van der Waals surface area contributed by atoms with E-state index in [1.54, 1.807) is 11.8 Å². The number of benzene rings is 2. The smallest absolute Gasteiger partial charge is 0.0654 e. The summed E-state index contributed by atoms with van der Waals surface area (Å²) in [7, 11) is 0. The van der Waals surface area contributed by atoms with Gasteiger partial charge in [-0.3, -0.25) is 4.98 Å². The van der Waals surface area contributed by atoms with Crippen molar-refractivity contribution in [3.8, 4) is 0 Å². The first-order valence-electron chi connectivity index (χ1n) is 7.15. The SMILES string of the molecule is Brc1ccc2c(c1)Sc1cc(Br)ccc1N2Cc1ccccn1.Cl. The molecule has 1 aromatic heterocycles. The number of hydrogen-bond acceptors (Lipinski definition) is 3. The van der Waals surface area contributed by atoms with Crippen LogP contribution in [0.2, 0.25) is 0 Å². The molecule has 4 rings (SSSR count). The standard InChI is InChI=1S/C18H12Br2N2S.ClH/c19-12-4-6-15-17(9-12)23-18-10-13(20)5-7-16(18)22(15)11-14-3-1-2-8-21-14;/h1-10H,11H2;1H. The average molecular weight is 485 g/mol. The van der Waals surface area contributed by atoms with E-state index in [4.69, 9.17) is 0 Å². The Kier molecular flexibility index (Phi) is 5.55. The lowest BCUT2D eigenvalue weighted by Gasteiger charge is -2.32. The highest BCUT2D eigenvalue weighted by atomic mass is 79.9. The van der Waals surface area contributed by atoms with Crippen molar-refractivity contribution in [2.24, 2.45) is 0 Å². The molecule has 24 heavy (non-hydrogen) atoms. The molecular formula is C18H13Br2ClN2S. The molecule has 2 nitrogen and oxygen atoms in total. The van der Waals surface area contributed by atoms with Crippen LogP contribution < -0.4 is 4.90 Å². The number of pyridine rings is 1. The van der Waals surface area contributed by atoms with Crippen LogP contribution in [0.15, 0.2) is 79.5 Å². The summed E-state index contributed by atoms with van der Waals surface area (Å²) in [6.45, 7) is 0.755. The predicted octanol–water partition coefficient (Wildman–Crippen LogP) is 6.83. The number of anilines is 2. The number of halogens is 3. The Hall–Kier alpha value is -1.01. The fraction of sp³-hybridized carbons (Fsp3) is 0.0556. The van der Waals surface area contributed by atoms with Gasteiger partial charge in [0.2, 0.25) is 0 Å². The van der Waals surface area contributed by atoms with Gasteiger partial charge in [-0.1, -0.05) is 49.7 Å². The minimum absolute atomic E-state index is 0. The third-order valence-corrected chi connectivity index (χ3v) is 5.77. The number of hydrogen-bond donors (Lipinski definition) is 0. The van der Waals surface area contributed by atoms with Gasteiger partial charge in [-0.2, -0.15) is 0 Å². The fourth-order valence-corrected chi connectivity index (χ4v) is 4.86. The summed E-state index contributed by atoms with van der Waals surface area (Å²) in [5, 5.41) is 0. The van der Waals surface area contributed by atoms with Crippen LogP contribution in [-0.4, -0.2) is 4.98 Å². The molecule has 0 N–H and O–H groups in total. The van der Waals surface area contributed by atoms with E-state index in [0.29, 0.717) is 0 Å². The second-order valence-corrected chi connectivity index (χ2v) is 8.15. The van der Waals surface area contributed by atoms with Crippen LogP contribution in [0.3, 0.4) is 0 Å². The molecule has 122 valence electrons. The molecule has 2 aromatic carbocycles. The molecule has 0 saturated heterocycles. The first kappa shape index (κ1) is 17.8. The molecule has 0 atom stereocenters. The third-order valence-electron chi connectivity index (χ3n) is 3.69. The maximum Gasteiger partial charge on any atom is 0.0654 e. The zero-order chi connectivity index (χ0) is 15.8. The van der Waals surface area contributed by atoms with Gasteiger partial charge in [0.1, 0.15) is 0 Å². The van der Waals surface area contributed by atoms with Gasteiger partial charge in [-0.25, -0.2) is 0 Å². The molecule has 0 aliphatic carbocycles. The normalized spacial score (nSPS) is 12.2. The molecule has 0 saturated carbocycles. The molecule has 0 fully saturated rings. The maximum absolute atomic E-state index is 4.49. The Morgan fingerprint density at radius 1 is 0.875 bits per heavy atom. The summed E-state index contributed by atoms with van der Waals surface area (Å²) >= 11 is 8.96. The van der Waals surface area contributed by atoms with Crippen LogP contribution >= 0.6 is 56.0 Å². The lowest BCUT2D eigenvalue weighted by Crippen LogP contribution is -2.20. The van der Waals surface area contributed by atoms with Crippen molar-refractivity contribution in [3.63, 3.8) is 0 Å². The third kappa shape index (κ3) is 3.49. The summed E-state index contributed by atoms with van der Waals surface area (Å²) in [6, 6.07) is 18.9. The van der Waals surface area contributed by atoms with Crippen molar-refractivity contribution in [1.29, 1.82) is 0 Å². The summed E-state index contributed by atoms with van der Waals surface area (Å²) in [6.07, 6.45) is 1.85. The number of nitrogens with zero attached hydrogens (tertiary/aromatic N) is 2. The highest BCUT2D eigenvalue weighted by molar-refractivity contribution is 9.10. The highest BCUT2D eigenvalue weighted by Gasteiger charge is 2.24. The second kappa shape index (κ2) is 7.48. The molecule has 1 aliphatic rings. The number of fused-ring (bicyclic) bond motifs is 2. The Labute approximate surface area is 168 Å². The maximum atomic E-state index is 4.49. The van der Waals surface area contributed by atoms with E-state index in [-0.39, 0.29) is 12.4 Å². The Morgan fingerprint density at radius 2 is 1.50 bits per heavy atom.